The van der Waals surface area contributed by atoms with Gasteiger partial charge in [0, 0.05) is 18.7 Å². The van der Waals surface area contributed by atoms with Gasteiger partial charge in [-0.25, -0.2) is 23.4 Å². The van der Waals surface area contributed by atoms with Gasteiger partial charge in [0.05, 0.1) is 4.90 Å². The summed E-state index contributed by atoms with van der Waals surface area (Å²) in [4.78, 5) is 12.6. The third kappa shape index (κ3) is 4.74. The number of tetrazole rings is 1. The van der Waals surface area contributed by atoms with Gasteiger partial charge in [-0.15, -0.1) is 5.10 Å². The zero-order valence-electron chi connectivity index (χ0n) is 18.2. The molecule has 1 amide bonds. The van der Waals surface area contributed by atoms with E-state index in [9.17, 15) is 13.2 Å². The van der Waals surface area contributed by atoms with Gasteiger partial charge < -0.3 is 10.0 Å². The minimum atomic E-state index is -4.05. The molecule has 0 aliphatic carbocycles. The Labute approximate surface area is 191 Å². The number of H-pyrrole nitrogens is 1. The van der Waals surface area contributed by atoms with Crippen molar-refractivity contribution in [1.82, 2.24) is 25.5 Å². The molecule has 0 unspecified atom stereocenters. The van der Waals surface area contributed by atoms with Gasteiger partial charge in [-0.3, -0.25) is 0 Å². The van der Waals surface area contributed by atoms with Crippen LogP contribution in [0, 0.1) is 0 Å². The molecule has 1 aliphatic heterocycles. The highest BCUT2D eigenvalue weighted by molar-refractivity contribution is 7.89. The van der Waals surface area contributed by atoms with Crippen LogP contribution < -0.4 is 5.14 Å². The zero-order valence-corrected chi connectivity index (χ0v) is 19.0. The van der Waals surface area contributed by atoms with Gasteiger partial charge in [0.2, 0.25) is 10.0 Å². The van der Waals surface area contributed by atoms with Crippen LogP contribution in [0.2, 0.25) is 0 Å². The van der Waals surface area contributed by atoms with Crippen LogP contribution in [0.5, 0.6) is 0 Å². The number of hydrogen-bond donors (Lipinski definition) is 3. The van der Waals surface area contributed by atoms with E-state index in [1.165, 1.54) is 4.90 Å². The lowest BCUT2D eigenvalue weighted by atomic mass is 9.88. The summed E-state index contributed by atoms with van der Waals surface area (Å²) in [6.07, 6.45) is 1.96. The molecular weight excluding hydrogens is 444 g/mol. The number of benzene rings is 2. The number of primary sulfonamides is 1. The van der Waals surface area contributed by atoms with E-state index in [-0.39, 0.29) is 16.6 Å². The number of aromatic nitrogens is 4. The standard InChI is InChI=1S/C22H26N6O4S/c1-2-3-17-8-9-18(19(20(17)33(23,31)32)21-24-26-27-25-21)16-6-4-14(5-7-16)15-10-12-28(13-11-15)22(29)30/h4-9,15H,2-3,10-13H2,1H3,(H,29,30)(H2,23,31,32)(H,24,25,26,27). The highest BCUT2D eigenvalue weighted by atomic mass is 32.2. The fourth-order valence-electron chi connectivity index (χ4n) is 4.50. The van der Waals surface area contributed by atoms with E-state index < -0.39 is 16.1 Å². The smallest absolute Gasteiger partial charge is 0.407 e. The molecule has 1 aromatic heterocycles. The van der Waals surface area contributed by atoms with Crippen LogP contribution in [0.4, 0.5) is 4.79 Å². The van der Waals surface area contributed by atoms with Gasteiger partial charge in [0.25, 0.3) is 0 Å². The predicted molar refractivity (Wildman–Crippen MR) is 122 cm³/mol. The monoisotopic (exact) mass is 470 g/mol. The number of likely N-dealkylation sites (tertiary alicyclic amines) is 1. The van der Waals surface area contributed by atoms with E-state index >= 15 is 0 Å². The second-order valence-corrected chi connectivity index (χ2v) is 9.69. The number of piperidine rings is 1. The molecule has 0 spiro atoms. The minimum Gasteiger partial charge on any atom is -0.465 e. The van der Waals surface area contributed by atoms with Crippen molar-refractivity contribution in [2.75, 3.05) is 13.1 Å². The molecule has 11 heteroatoms. The Bertz CT molecular complexity index is 1230. The van der Waals surface area contributed by atoms with Crippen LogP contribution in [0.15, 0.2) is 41.3 Å². The van der Waals surface area contributed by atoms with E-state index in [0.29, 0.717) is 36.2 Å². The molecule has 0 radical (unpaired) electrons. The van der Waals surface area contributed by atoms with Crippen LogP contribution >= 0.6 is 0 Å². The number of nitrogens with one attached hydrogen (secondary N) is 1. The van der Waals surface area contributed by atoms with E-state index in [1.807, 2.05) is 37.3 Å². The molecule has 2 heterocycles. The zero-order chi connectivity index (χ0) is 23.6. The van der Waals surface area contributed by atoms with Crippen molar-refractivity contribution in [3.8, 4) is 22.5 Å². The summed E-state index contributed by atoms with van der Waals surface area (Å²) >= 11 is 0. The molecule has 0 atom stereocenters. The van der Waals surface area contributed by atoms with Crippen molar-refractivity contribution >= 4 is 16.1 Å². The number of sulfonamides is 1. The topological polar surface area (TPSA) is 155 Å². The van der Waals surface area contributed by atoms with Crippen LogP contribution in [-0.4, -0.2) is 58.2 Å². The van der Waals surface area contributed by atoms with Gasteiger partial charge >= 0.3 is 6.09 Å². The summed E-state index contributed by atoms with van der Waals surface area (Å²) in [5.41, 5.74) is 3.57. The second kappa shape index (κ2) is 9.28. The summed E-state index contributed by atoms with van der Waals surface area (Å²) in [5, 5.41) is 28.7. The first-order valence-electron chi connectivity index (χ1n) is 10.8. The summed E-state index contributed by atoms with van der Waals surface area (Å²) < 4.78 is 25.2. The molecule has 1 fully saturated rings. The van der Waals surface area contributed by atoms with Gasteiger partial charge in [-0.05, 0) is 57.9 Å². The van der Waals surface area contributed by atoms with E-state index in [4.69, 9.17) is 10.2 Å². The maximum atomic E-state index is 12.6. The van der Waals surface area contributed by atoms with Crippen molar-refractivity contribution < 1.29 is 18.3 Å². The third-order valence-electron chi connectivity index (χ3n) is 6.08. The van der Waals surface area contributed by atoms with Crippen LogP contribution in [0.25, 0.3) is 22.5 Å². The summed E-state index contributed by atoms with van der Waals surface area (Å²) in [6, 6.07) is 11.6. The number of aromatic amines is 1. The molecule has 4 rings (SSSR count). The van der Waals surface area contributed by atoms with Crippen LogP contribution in [0.1, 0.15) is 43.2 Å². The molecule has 10 nitrogen and oxygen atoms in total. The lowest BCUT2D eigenvalue weighted by molar-refractivity contribution is 0.132. The van der Waals surface area contributed by atoms with Crippen LogP contribution in [-0.2, 0) is 16.4 Å². The highest BCUT2D eigenvalue weighted by Gasteiger charge is 2.26. The number of nitrogens with two attached hydrogens (primary N) is 1. The normalized spacial score (nSPS) is 15.0. The van der Waals surface area contributed by atoms with E-state index in [2.05, 4.69) is 20.6 Å². The lowest BCUT2D eigenvalue weighted by Crippen LogP contribution is -2.36. The molecule has 4 N–H and O–H groups in total. The number of carboxylic acid groups (broad SMARTS) is 1. The van der Waals surface area contributed by atoms with E-state index in [1.54, 1.807) is 6.07 Å². The molecule has 33 heavy (non-hydrogen) atoms. The van der Waals surface area contributed by atoms with Gasteiger partial charge in [0.15, 0.2) is 5.82 Å². The first-order valence-corrected chi connectivity index (χ1v) is 12.3. The lowest BCUT2D eigenvalue weighted by Gasteiger charge is -2.30. The van der Waals surface area contributed by atoms with Gasteiger partial charge in [0.1, 0.15) is 0 Å². The maximum Gasteiger partial charge on any atom is 0.407 e. The SMILES string of the molecule is CCCc1ccc(-c2ccc(C3CCN(C(=O)O)CC3)cc2)c(-c2nnn[nH]2)c1S(N)(=O)=O. The van der Waals surface area contributed by atoms with Crippen LogP contribution in [0.3, 0.4) is 0 Å². The molecule has 174 valence electrons. The van der Waals surface area contributed by atoms with Crippen molar-refractivity contribution in [2.45, 2.75) is 43.4 Å². The van der Waals surface area contributed by atoms with Crippen molar-refractivity contribution in [2.24, 2.45) is 5.14 Å². The molecule has 1 aliphatic rings. The largest absolute Gasteiger partial charge is 0.465 e. The van der Waals surface area contributed by atoms with Crippen molar-refractivity contribution in [1.29, 1.82) is 0 Å². The first kappa shape index (κ1) is 22.9. The fraction of sp³-hybridized carbons (Fsp3) is 0.364. The number of nitrogens with zero attached hydrogens (tertiary/aromatic N) is 4. The molecule has 1 saturated heterocycles. The quantitative estimate of drug-likeness (QED) is 0.500. The Morgan fingerprint density at radius 3 is 2.42 bits per heavy atom. The number of hydrogen-bond acceptors (Lipinski definition) is 6. The molecular formula is C22H26N6O4S. The molecule has 2 aromatic carbocycles. The molecule has 3 aromatic rings. The third-order valence-corrected chi connectivity index (χ3v) is 7.12. The second-order valence-electron chi connectivity index (χ2n) is 8.19. The first-order chi connectivity index (χ1) is 15.8. The Hall–Kier alpha value is -3.31. The van der Waals surface area contributed by atoms with Crippen molar-refractivity contribution in [3.05, 3.63) is 47.5 Å². The fourth-order valence-corrected chi connectivity index (χ4v) is 5.52. The summed E-state index contributed by atoms with van der Waals surface area (Å²) in [6.45, 7) is 3.00. The Balaban J connectivity index is 1.74. The average molecular weight is 471 g/mol. The van der Waals surface area contributed by atoms with Gasteiger partial charge in [-0.2, -0.15) is 0 Å². The number of aryl methyl sites for hydroxylation is 1. The summed E-state index contributed by atoms with van der Waals surface area (Å²) in [5.74, 6) is 0.511. The Kier molecular flexibility index (Phi) is 6.43. The number of amides is 1. The molecule has 0 saturated carbocycles. The number of rotatable bonds is 6. The maximum absolute atomic E-state index is 12.6. The Morgan fingerprint density at radius 2 is 1.88 bits per heavy atom. The minimum absolute atomic E-state index is 0.0329. The van der Waals surface area contributed by atoms with Crippen molar-refractivity contribution in [3.63, 3.8) is 0 Å². The predicted octanol–water partition coefficient (Wildman–Crippen LogP) is 2.99. The highest BCUT2D eigenvalue weighted by Crippen LogP contribution is 2.38. The Morgan fingerprint density at radius 1 is 1.18 bits per heavy atom. The summed E-state index contributed by atoms with van der Waals surface area (Å²) in [7, 11) is -4.05. The van der Waals surface area contributed by atoms with E-state index in [0.717, 1.165) is 30.4 Å². The molecule has 0 bridgehead atoms. The number of carbonyl (C=O) groups is 1. The average Bonchev–Trinajstić information content (AvgIpc) is 3.33. The van der Waals surface area contributed by atoms with Gasteiger partial charge in [-0.1, -0.05) is 49.7 Å².